The number of hydrogen-bond donors (Lipinski definition) is 2. The van der Waals surface area contributed by atoms with Crippen LogP contribution in [0.4, 0.5) is 10.5 Å². The van der Waals surface area contributed by atoms with Crippen molar-refractivity contribution in [3.05, 3.63) is 24.0 Å². The zero-order valence-electron chi connectivity index (χ0n) is 16.4. The summed E-state index contributed by atoms with van der Waals surface area (Å²) in [6.07, 6.45) is 5.82. The number of nitrogens with one attached hydrogen (secondary N) is 2. The minimum Gasteiger partial charge on any atom is -0.346 e. The number of aryl methyl sites for hydroxylation is 1. The zero-order valence-corrected chi connectivity index (χ0v) is 16.4. The van der Waals surface area contributed by atoms with E-state index in [0.29, 0.717) is 31.9 Å². The number of amides is 3. The molecular formula is C20H25N5O4. The van der Waals surface area contributed by atoms with Gasteiger partial charge in [0.1, 0.15) is 5.65 Å². The molecule has 29 heavy (non-hydrogen) atoms. The van der Waals surface area contributed by atoms with Crippen LogP contribution >= 0.6 is 0 Å². The van der Waals surface area contributed by atoms with Crippen LogP contribution in [0.1, 0.15) is 31.4 Å². The lowest BCUT2D eigenvalue weighted by Gasteiger charge is -2.37. The van der Waals surface area contributed by atoms with Gasteiger partial charge in [-0.15, -0.1) is 0 Å². The summed E-state index contributed by atoms with van der Waals surface area (Å²) in [6.45, 7) is 5.26. The molecule has 3 amide bonds. The lowest BCUT2D eigenvalue weighted by atomic mass is 10.1. The van der Waals surface area contributed by atoms with Crippen molar-refractivity contribution in [2.75, 3.05) is 37.7 Å². The second kappa shape index (κ2) is 7.08. The van der Waals surface area contributed by atoms with Gasteiger partial charge in [-0.2, -0.15) is 0 Å². The van der Waals surface area contributed by atoms with E-state index in [1.165, 1.54) is 0 Å². The standard InChI is InChI=1S/C20H25N5O4/c1-2-13-9-25(15-10-28-20(29-11-15)4-5-21-12-20)18-16(13)7-14(8-22-18)24-6-3-17(26)23-19(24)27/h7-9,15,21H,2-6,10-12H2,1H3,(H,23,26,27). The Morgan fingerprint density at radius 3 is 2.83 bits per heavy atom. The summed E-state index contributed by atoms with van der Waals surface area (Å²) in [6, 6.07) is 1.64. The molecule has 0 unspecified atom stereocenters. The van der Waals surface area contributed by atoms with Crippen molar-refractivity contribution in [1.29, 1.82) is 0 Å². The van der Waals surface area contributed by atoms with Gasteiger partial charge in [0.05, 0.1) is 31.1 Å². The topological polar surface area (TPSA) is 97.7 Å². The van der Waals surface area contributed by atoms with Crippen LogP contribution in [0.25, 0.3) is 11.0 Å². The molecule has 0 aliphatic carbocycles. The summed E-state index contributed by atoms with van der Waals surface area (Å²) in [5.74, 6) is -0.722. The third-order valence-corrected chi connectivity index (χ3v) is 6.03. The highest BCUT2D eigenvalue weighted by atomic mass is 16.7. The Hall–Kier alpha value is -2.49. The molecule has 1 spiro atoms. The number of hydrogen-bond acceptors (Lipinski definition) is 6. The van der Waals surface area contributed by atoms with Crippen LogP contribution in [0.2, 0.25) is 0 Å². The molecule has 0 aromatic carbocycles. The van der Waals surface area contributed by atoms with Gasteiger partial charge in [-0.3, -0.25) is 15.0 Å². The number of carbonyl (C=O) groups is 2. The van der Waals surface area contributed by atoms with E-state index in [9.17, 15) is 9.59 Å². The Labute approximate surface area is 168 Å². The molecule has 0 atom stereocenters. The van der Waals surface area contributed by atoms with Crippen molar-refractivity contribution >= 4 is 28.7 Å². The average molecular weight is 399 g/mol. The van der Waals surface area contributed by atoms with Crippen molar-refractivity contribution in [2.45, 2.75) is 38.0 Å². The van der Waals surface area contributed by atoms with Crippen molar-refractivity contribution < 1.29 is 19.1 Å². The number of urea groups is 1. The average Bonchev–Trinajstić information content (AvgIpc) is 3.33. The number of nitrogens with zero attached hydrogens (tertiary/aromatic N) is 3. The van der Waals surface area contributed by atoms with Gasteiger partial charge in [0.2, 0.25) is 5.91 Å². The van der Waals surface area contributed by atoms with Gasteiger partial charge >= 0.3 is 6.03 Å². The lowest BCUT2D eigenvalue weighted by Crippen LogP contribution is -2.49. The van der Waals surface area contributed by atoms with Crippen LogP contribution < -0.4 is 15.5 Å². The molecule has 2 aromatic rings. The molecule has 0 radical (unpaired) electrons. The molecule has 3 fully saturated rings. The van der Waals surface area contributed by atoms with Gasteiger partial charge in [-0.25, -0.2) is 9.78 Å². The molecule has 3 saturated heterocycles. The molecule has 9 nitrogen and oxygen atoms in total. The predicted octanol–water partition coefficient (Wildman–Crippen LogP) is 1.32. The minimum atomic E-state index is -0.479. The van der Waals surface area contributed by atoms with Crippen LogP contribution in [0.3, 0.4) is 0 Å². The molecular weight excluding hydrogens is 374 g/mol. The summed E-state index contributed by atoms with van der Waals surface area (Å²) < 4.78 is 14.3. The van der Waals surface area contributed by atoms with Crippen molar-refractivity contribution in [1.82, 2.24) is 20.2 Å². The molecule has 5 rings (SSSR count). The SMILES string of the molecule is CCc1cn(C2COC3(CCNC3)OC2)c2ncc(N3CCC(=O)NC3=O)cc12. The van der Waals surface area contributed by atoms with Crippen LogP contribution in [-0.4, -0.2) is 60.1 Å². The fourth-order valence-corrected chi connectivity index (χ4v) is 4.34. The number of carbonyl (C=O) groups excluding carboxylic acids is 2. The Bertz CT molecular complexity index is 955. The summed E-state index contributed by atoms with van der Waals surface area (Å²) >= 11 is 0. The van der Waals surface area contributed by atoms with Crippen molar-refractivity contribution in [3.8, 4) is 0 Å². The zero-order chi connectivity index (χ0) is 20.0. The van der Waals surface area contributed by atoms with Crippen molar-refractivity contribution in [3.63, 3.8) is 0 Å². The molecule has 2 N–H and O–H groups in total. The third kappa shape index (κ3) is 3.19. The van der Waals surface area contributed by atoms with E-state index in [1.54, 1.807) is 11.1 Å². The first-order chi connectivity index (χ1) is 14.1. The maximum atomic E-state index is 12.2. The van der Waals surface area contributed by atoms with E-state index < -0.39 is 11.8 Å². The smallest absolute Gasteiger partial charge is 0.328 e. The number of fused-ring (bicyclic) bond motifs is 1. The molecule has 5 heterocycles. The third-order valence-electron chi connectivity index (χ3n) is 6.03. The van der Waals surface area contributed by atoms with Crippen molar-refractivity contribution in [2.24, 2.45) is 0 Å². The second-order valence-corrected chi connectivity index (χ2v) is 7.85. The predicted molar refractivity (Wildman–Crippen MR) is 106 cm³/mol. The van der Waals surface area contributed by atoms with Gasteiger partial charge in [0.15, 0.2) is 5.79 Å². The van der Waals surface area contributed by atoms with Gasteiger partial charge < -0.3 is 19.4 Å². The van der Waals surface area contributed by atoms with Crippen LogP contribution in [-0.2, 0) is 20.7 Å². The van der Waals surface area contributed by atoms with Crippen LogP contribution in [0.15, 0.2) is 18.5 Å². The molecule has 2 aromatic heterocycles. The van der Waals surface area contributed by atoms with E-state index in [4.69, 9.17) is 9.47 Å². The fraction of sp³-hybridized carbons (Fsp3) is 0.550. The number of aromatic nitrogens is 2. The normalized spacial score (nSPS) is 27.8. The first-order valence-electron chi connectivity index (χ1n) is 10.2. The Balaban J connectivity index is 1.44. The maximum absolute atomic E-state index is 12.2. The molecule has 0 bridgehead atoms. The van der Waals surface area contributed by atoms with Gasteiger partial charge in [0.25, 0.3) is 0 Å². The quantitative estimate of drug-likeness (QED) is 0.808. The van der Waals surface area contributed by atoms with Gasteiger partial charge in [0, 0.05) is 44.1 Å². The van der Waals surface area contributed by atoms with Crippen LogP contribution in [0, 0.1) is 0 Å². The highest BCUT2D eigenvalue weighted by Crippen LogP contribution is 2.33. The summed E-state index contributed by atoms with van der Waals surface area (Å²) in [7, 11) is 0. The monoisotopic (exact) mass is 399 g/mol. The summed E-state index contributed by atoms with van der Waals surface area (Å²) in [5, 5.41) is 6.67. The number of anilines is 1. The Morgan fingerprint density at radius 2 is 2.14 bits per heavy atom. The molecule has 9 heteroatoms. The molecule has 3 aliphatic rings. The van der Waals surface area contributed by atoms with E-state index in [1.807, 2.05) is 6.07 Å². The number of pyridine rings is 1. The molecule has 0 saturated carbocycles. The maximum Gasteiger partial charge on any atom is 0.328 e. The Kier molecular flexibility index (Phi) is 4.53. The van der Waals surface area contributed by atoms with Gasteiger partial charge in [-0.05, 0) is 18.1 Å². The second-order valence-electron chi connectivity index (χ2n) is 7.85. The van der Waals surface area contributed by atoms with E-state index in [2.05, 4.69) is 33.3 Å². The number of rotatable bonds is 3. The summed E-state index contributed by atoms with van der Waals surface area (Å²) in [4.78, 5) is 29.9. The molecule has 3 aliphatic heterocycles. The molecule has 154 valence electrons. The highest BCUT2D eigenvalue weighted by Gasteiger charge is 2.41. The van der Waals surface area contributed by atoms with Crippen LogP contribution in [0.5, 0.6) is 0 Å². The Morgan fingerprint density at radius 1 is 1.31 bits per heavy atom. The van der Waals surface area contributed by atoms with E-state index in [0.717, 1.165) is 42.5 Å². The first-order valence-corrected chi connectivity index (χ1v) is 10.2. The van der Waals surface area contributed by atoms with E-state index in [-0.39, 0.29) is 11.9 Å². The number of imide groups is 1. The minimum absolute atomic E-state index is 0.0540. The first kappa shape index (κ1) is 18.5. The highest BCUT2D eigenvalue weighted by molar-refractivity contribution is 6.06. The fourth-order valence-electron chi connectivity index (χ4n) is 4.34. The summed E-state index contributed by atoms with van der Waals surface area (Å²) in [5.41, 5.74) is 2.71. The van der Waals surface area contributed by atoms with E-state index >= 15 is 0 Å². The van der Waals surface area contributed by atoms with Gasteiger partial charge in [-0.1, -0.05) is 6.92 Å². The largest absolute Gasteiger partial charge is 0.346 e. The lowest BCUT2D eigenvalue weighted by molar-refractivity contribution is -0.267. The number of ether oxygens (including phenoxy) is 2.